The Morgan fingerprint density at radius 2 is 2.29 bits per heavy atom. The molecule has 0 spiro atoms. The fourth-order valence-electron chi connectivity index (χ4n) is 5.35. The minimum absolute atomic E-state index is 0.162. The van der Waals surface area contributed by atoms with Gasteiger partial charge in [-0.2, -0.15) is 0 Å². The van der Waals surface area contributed by atoms with Crippen molar-refractivity contribution in [2.45, 2.75) is 46.5 Å². The maximum Gasteiger partial charge on any atom is 0.333 e. The predicted molar refractivity (Wildman–Crippen MR) is 107 cm³/mol. The zero-order valence-corrected chi connectivity index (χ0v) is 17.3. The molecule has 0 aliphatic heterocycles. The lowest BCUT2D eigenvalue weighted by Crippen LogP contribution is -2.22. The van der Waals surface area contributed by atoms with Crippen molar-refractivity contribution in [3.8, 4) is 0 Å². The van der Waals surface area contributed by atoms with Crippen LogP contribution in [-0.4, -0.2) is 17.0 Å². The number of halogens is 1. The maximum atomic E-state index is 12.2. The molecular weight excluding hydrogens is 411 g/mol. The first kappa shape index (κ1) is 18.2. The summed E-state index contributed by atoms with van der Waals surface area (Å²) in [5.74, 6) is 2.16. The number of fused-ring (bicyclic) bond motifs is 1. The number of hydrogen-bond acceptors (Lipinski definition) is 2. The summed E-state index contributed by atoms with van der Waals surface area (Å²) < 4.78 is 6.21. The number of ether oxygens (including phenoxy) is 1. The van der Waals surface area contributed by atoms with Crippen LogP contribution in [0.5, 0.6) is 0 Å². The highest BCUT2D eigenvalue weighted by atomic mass is 127. The van der Waals surface area contributed by atoms with Gasteiger partial charge in [-0.1, -0.05) is 59.4 Å². The topological polar surface area (TPSA) is 26.3 Å². The standard InChI is InChI=1S/C21H29IO2/c1-5-24-20(23)13(2)11-17-16(14(3)12-22)9-8-15-7-6-10-21(4)18(15)19(17)21/h7,11,16-19H,3,5-6,8-10,12H2,1-2,4H3/b13-11+/t16-,17+,18+,19-,21+/m1/s1. The van der Waals surface area contributed by atoms with Crippen molar-refractivity contribution in [1.29, 1.82) is 0 Å². The van der Waals surface area contributed by atoms with Crippen LogP contribution in [-0.2, 0) is 9.53 Å². The van der Waals surface area contributed by atoms with Crippen LogP contribution < -0.4 is 0 Å². The first-order valence-corrected chi connectivity index (χ1v) is 10.7. The Balaban J connectivity index is 1.95. The highest BCUT2D eigenvalue weighted by Gasteiger charge is 2.66. The molecule has 0 saturated heterocycles. The molecule has 3 rings (SSSR count). The molecule has 2 saturated carbocycles. The Morgan fingerprint density at radius 1 is 1.54 bits per heavy atom. The molecule has 5 atom stereocenters. The first-order chi connectivity index (χ1) is 11.4. The molecule has 0 radical (unpaired) electrons. The van der Waals surface area contributed by atoms with Crippen molar-refractivity contribution in [3.63, 3.8) is 0 Å². The minimum Gasteiger partial charge on any atom is -0.463 e. The van der Waals surface area contributed by atoms with E-state index in [4.69, 9.17) is 4.74 Å². The molecule has 0 amide bonds. The fourth-order valence-corrected chi connectivity index (χ4v) is 5.92. The second-order valence-electron chi connectivity index (χ2n) is 7.91. The third-order valence-corrected chi connectivity index (χ3v) is 7.55. The van der Waals surface area contributed by atoms with Crippen LogP contribution in [0.2, 0.25) is 0 Å². The normalized spacial score (nSPS) is 37.8. The van der Waals surface area contributed by atoms with Gasteiger partial charge in [0.2, 0.25) is 0 Å². The quantitative estimate of drug-likeness (QED) is 0.186. The lowest BCUT2D eigenvalue weighted by molar-refractivity contribution is -0.138. The van der Waals surface area contributed by atoms with E-state index in [1.54, 1.807) is 5.57 Å². The highest BCUT2D eigenvalue weighted by molar-refractivity contribution is 14.1. The molecule has 24 heavy (non-hydrogen) atoms. The first-order valence-electron chi connectivity index (χ1n) is 9.22. The molecule has 0 aromatic carbocycles. The average Bonchev–Trinajstić information content (AvgIpc) is 3.23. The van der Waals surface area contributed by atoms with Crippen LogP contribution in [0.25, 0.3) is 0 Å². The van der Waals surface area contributed by atoms with Gasteiger partial charge in [0.05, 0.1) is 6.61 Å². The number of allylic oxidation sites excluding steroid dienone is 4. The fraction of sp³-hybridized carbons (Fsp3) is 0.667. The zero-order valence-electron chi connectivity index (χ0n) is 15.1. The summed E-state index contributed by atoms with van der Waals surface area (Å²) in [7, 11) is 0. The van der Waals surface area contributed by atoms with E-state index in [9.17, 15) is 4.79 Å². The van der Waals surface area contributed by atoms with Gasteiger partial charge in [0, 0.05) is 10.0 Å². The maximum absolute atomic E-state index is 12.2. The molecule has 3 heteroatoms. The van der Waals surface area contributed by atoms with Crippen LogP contribution in [0.15, 0.2) is 35.5 Å². The lowest BCUT2D eigenvalue weighted by atomic mass is 9.76. The molecule has 0 bridgehead atoms. The van der Waals surface area contributed by atoms with Crippen LogP contribution in [0.1, 0.15) is 46.5 Å². The van der Waals surface area contributed by atoms with Crippen molar-refractivity contribution < 1.29 is 9.53 Å². The van der Waals surface area contributed by atoms with Gasteiger partial charge >= 0.3 is 5.97 Å². The van der Waals surface area contributed by atoms with Gasteiger partial charge in [-0.25, -0.2) is 4.79 Å². The van der Waals surface area contributed by atoms with E-state index in [0.29, 0.717) is 29.8 Å². The number of carbonyl (C=O) groups is 1. The smallest absolute Gasteiger partial charge is 0.333 e. The van der Waals surface area contributed by atoms with E-state index < -0.39 is 0 Å². The van der Waals surface area contributed by atoms with Gasteiger partial charge in [0.15, 0.2) is 0 Å². The van der Waals surface area contributed by atoms with E-state index >= 15 is 0 Å². The van der Waals surface area contributed by atoms with Crippen molar-refractivity contribution >= 4 is 28.6 Å². The van der Waals surface area contributed by atoms with Crippen molar-refractivity contribution in [1.82, 2.24) is 0 Å². The number of rotatable bonds is 5. The lowest BCUT2D eigenvalue weighted by Gasteiger charge is -2.29. The predicted octanol–water partition coefficient (Wildman–Crippen LogP) is 5.49. The Labute approximate surface area is 159 Å². The van der Waals surface area contributed by atoms with Crippen LogP contribution in [0, 0.1) is 29.1 Å². The van der Waals surface area contributed by atoms with Gasteiger partial charge in [-0.05, 0) is 68.6 Å². The molecule has 3 aliphatic rings. The molecule has 0 heterocycles. The summed E-state index contributed by atoms with van der Waals surface area (Å²) in [5, 5.41) is 0. The largest absolute Gasteiger partial charge is 0.463 e. The average molecular weight is 440 g/mol. The van der Waals surface area contributed by atoms with Crippen LogP contribution in [0.3, 0.4) is 0 Å². The minimum atomic E-state index is -0.162. The van der Waals surface area contributed by atoms with E-state index in [2.05, 4.69) is 48.2 Å². The van der Waals surface area contributed by atoms with Crippen LogP contribution in [0.4, 0.5) is 0 Å². The van der Waals surface area contributed by atoms with Crippen molar-refractivity contribution in [3.05, 3.63) is 35.5 Å². The van der Waals surface area contributed by atoms with Gasteiger partial charge in [-0.15, -0.1) is 0 Å². The van der Waals surface area contributed by atoms with Gasteiger partial charge < -0.3 is 4.74 Å². The van der Waals surface area contributed by atoms with E-state index in [1.807, 2.05) is 13.8 Å². The third-order valence-electron chi connectivity index (χ3n) is 6.57. The molecule has 2 nitrogen and oxygen atoms in total. The van der Waals surface area contributed by atoms with E-state index in [-0.39, 0.29) is 5.97 Å². The Morgan fingerprint density at radius 3 is 2.96 bits per heavy atom. The Hall–Kier alpha value is -0.580. The van der Waals surface area contributed by atoms with E-state index in [1.165, 1.54) is 31.3 Å². The molecule has 0 unspecified atom stereocenters. The Kier molecular flexibility index (Phi) is 5.29. The summed E-state index contributed by atoms with van der Waals surface area (Å²) >= 11 is 2.43. The van der Waals surface area contributed by atoms with E-state index in [0.717, 1.165) is 15.9 Å². The number of carbonyl (C=O) groups excluding carboxylic acids is 1. The number of hydrogen-bond donors (Lipinski definition) is 0. The summed E-state index contributed by atoms with van der Waals surface area (Å²) in [4.78, 5) is 12.2. The summed E-state index contributed by atoms with van der Waals surface area (Å²) in [5.41, 5.74) is 4.23. The molecule has 0 aromatic heterocycles. The van der Waals surface area contributed by atoms with Crippen LogP contribution >= 0.6 is 22.6 Å². The molecule has 0 aromatic rings. The molecular formula is C21H29IO2. The zero-order chi connectivity index (χ0) is 17.5. The second kappa shape index (κ2) is 6.97. The highest BCUT2D eigenvalue weighted by Crippen LogP contribution is 2.72. The van der Waals surface area contributed by atoms with Crippen molar-refractivity contribution in [2.75, 3.05) is 11.0 Å². The third kappa shape index (κ3) is 3.02. The number of esters is 1. The molecule has 132 valence electrons. The summed E-state index contributed by atoms with van der Waals surface area (Å²) in [6.07, 6.45) is 9.63. The monoisotopic (exact) mass is 440 g/mol. The summed E-state index contributed by atoms with van der Waals surface area (Å²) in [6.45, 7) is 11.1. The summed E-state index contributed by atoms with van der Waals surface area (Å²) in [6, 6.07) is 0. The van der Waals surface area contributed by atoms with Gasteiger partial charge in [0.25, 0.3) is 0 Å². The van der Waals surface area contributed by atoms with Crippen molar-refractivity contribution in [2.24, 2.45) is 29.1 Å². The molecule has 2 fully saturated rings. The number of alkyl halides is 1. The van der Waals surface area contributed by atoms with Gasteiger partial charge in [0.1, 0.15) is 0 Å². The van der Waals surface area contributed by atoms with Gasteiger partial charge in [-0.3, -0.25) is 0 Å². The SMILES string of the molecule is C=C(CI)[C@H]1CCC2=CCC[C@]3(C)[C@H]([C@H]1/C=C(\C)C(=O)OCC)[C@H]23. The Bertz CT molecular complexity index is 603. The second-order valence-corrected chi connectivity index (χ2v) is 8.67. The molecule has 3 aliphatic carbocycles. The molecule has 0 N–H and O–H groups in total.